The van der Waals surface area contributed by atoms with Gasteiger partial charge in [-0.1, -0.05) is 72.2 Å². The molecule has 2 fully saturated rings. The number of hydrogen-bond acceptors (Lipinski definition) is 7. The third kappa shape index (κ3) is 9.21. The number of fused-ring (bicyclic) bond motifs is 2. The molecule has 2 N–H and O–H groups in total. The summed E-state index contributed by atoms with van der Waals surface area (Å²) in [4.78, 5) is 70.2. The first-order valence-electron chi connectivity index (χ1n) is 18.4. The van der Waals surface area contributed by atoms with Gasteiger partial charge in [0, 0.05) is 50.9 Å². The molecule has 2 heterocycles. The van der Waals surface area contributed by atoms with E-state index in [1.54, 1.807) is 35.2 Å². The van der Waals surface area contributed by atoms with Crippen molar-refractivity contribution < 1.29 is 32.4 Å². The first-order chi connectivity index (χ1) is 24.3. The van der Waals surface area contributed by atoms with Crippen molar-refractivity contribution in [1.29, 1.82) is 0 Å². The number of amides is 3. The van der Waals surface area contributed by atoms with Crippen LogP contribution in [0, 0.1) is 40.9 Å². The van der Waals surface area contributed by atoms with E-state index in [1.165, 1.54) is 4.31 Å². The van der Waals surface area contributed by atoms with Gasteiger partial charge in [0.05, 0.1) is 10.9 Å². The van der Waals surface area contributed by atoms with Crippen molar-refractivity contribution in [3.05, 3.63) is 42.5 Å². The summed E-state index contributed by atoms with van der Waals surface area (Å²) in [5, 5.41) is 5.86. The fraction of sp³-hybridized carbons (Fsp3) is 0.625. The van der Waals surface area contributed by atoms with Crippen LogP contribution in [0.15, 0.2) is 41.8 Å². The van der Waals surface area contributed by atoms with Crippen LogP contribution in [0.4, 0.5) is 4.79 Å². The normalized spacial score (nSPS) is 22.7. The maximum Gasteiger partial charge on any atom is 0.315 e. The van der Waals surface area contributed by atoms with E-state index in [-0.39, 0.29) is 61.3 Å². The quantitative estimate of drug-likeness (QED) is 0.146. The Kier molecular flexibility index (Phi) is 13.0. The lowest BCUT2D eigenvalue weighted by Gasteiger charge is -2.38. The van der Waals surface area contributed by atoms with Gasteiger partial charge >= 0.3 is 6.03 Å². The van der Waals surface area contributed by atoms with E-state index in [1.807, 2.05) is 41.5 Å². The minimum Gasteiger partial charge on any atom is -0.334 e. The van der Waals surface area contributed by atoms with Gasteiger partial charge in [0.2, 0.25) is 21.7 Å². The van der Waals surface area contributed by atoms with Crippen LogP contribution in [0.25, 0.3) is 0 Å². The molecule has 2 aliphatic heterocycles. The highest BCUT2D eigenvalue weighted by atomic mass is 32.2. The average molecular weight is 737 g/mol. The summed E-state index contributed by atoms with van der Waals surface area (Å²) in [5.74, 6) is -0.177. The molecule has 3 aliphatic rings. The number of rotatable bonds is 15. The molecule has 0 bridgehead atoms. The van der Waals surface area contributed by atoms with Crippen LogP contribution in [-0.2, 0) is 35.7 Å². The van der Waals surface area contributed by atoms with E-state index in [4.69, 9.17) is 6.42 Å². The molecule has 1 saturated carbocycles. The van der Waals surface area contributed by atoms with Crippen LogP contribution in [0.3, 0.4) is 0 Å². The number of terminal acetylenes is 1. The first-order valence-corrected chi connectivity index (χ1v) is 19.8. The standard InChI is InChI=1S/C40H56N4O7S/c1-9-11-16-26(35(47)30(45)20-12-10-2)22-31(46)34-29-19-15-18-27(29)24-44(34)37(48)36(40(6,7)8)42-38(49)41-33(39(3,4)5)25-43-23-28-17-13-14-21-32(28)52(43,50)51/h1,10,13-14,17,21,26-27,29,33-34,36H,2,11-12,15-16,18-20,22-25H2,3-8H3,(H2,41,42,49)/t26?,27-,29-,33+,34-,36+/m0/s1. The van der Waals surface area contributed by atoms with Gasteiger partial charge in [-0.2, -0.15) is 4.31 Å². The number of nitrogens with one attached hydrogen (secondary N) is 2. The molecule has 1 aromatic rings. The summed E-state index contributed by atoms with van der Waals surface area (Å²) < 4.78 is 28.1. The molecule has 1 unspecified atom stereocenters. The molecular formula is C40H56N4O7S. The number of carbonyl (C=O) groups is 5. The van der Waals surface area contributed by atoms with Crippen molar-refractivity contribution in [2.45, 2.75) is 122 Å². The molecular weight excluding hydrogens is 681 g/mol. The largest absolute Gasteiger partial charge is 0.334 e. The number of Topliss-reactive ketones (excluding diaryl/α,β-unsaturated/α-hetero) is 3. The molecule has 6 atom stereocenters. The first kappa shape index (κ1) is 40.9. The van der Waals surface area contributed by atoms with Gasteiger partial charge in [-0.3, -0.25) is 19.2 Å². The predicted octanol–water partition coefficient (Wildman–Crippen LogP) is 5.04. The third-order valence-corrected chi connectivity index (χ3v) is 12.8. The Balaban J connectivity index is 1.54. The van der Waals surface area contributed by atoms with Gasteiger partial charge in [-0.25, -0.2) is 13.2 Å². The van der Waals surface area contributed by atoms with Gasteiger partial charge in [-0.15, -0.1) is 18.9 Å². The minimum absolute atomic E-state index is 0.0143. The topological polar surface area (TPSA) is 150 Å². The van der Waals surface area contributed by atoms with Crippen LogP contribution in [-0.4, -0.2) is 78.1 Å². The Morgan fingerprint density at radius 2 is 1.73 bits per heavy atom. The van der Waals surface area contributed by atoms with E-state index in [9.17, 15) is 32.4 Å². The Morgan fingerprint density at radius 3 is 2.35 bits per heavy atom. The second-order valence-electron chi connectivity index (χ2n) is 16.8. The Morgan fingerprint density at radius 1 is 1.04 bits per heavy atom. The molecule has 0 aromatic heterocycles. The van der Waals surface area contributed by atoms with Crippen molar-refractivity contribution in [2.24, 2.45) is 28.6 Å². The molecule has 4 rings (SSSR count). The third-order valence-electron chi connectivity index (χ3n) is 10.9. The number of ketones is 3. The molecule has 1 saturated heterocycles. The summed E-state index contributed by atoms with van der Waals surface area (Å²) in [6.45, 7) is 15.4. The molecule has 0 radical (unpaired) electrons. The van der Waals surface area contributed by atoms with E-state index in [2.05, 4.69) is 23.1 Å². The number of sulfonamides is 1. The molecule has 12 heteroatoms. The Hall–Kier alpha value is -3.82. The minimum atomic E-state index is -3.74. The van der Waals surface area contributed by atoms with Gasteiger partial charge in [0.15, 0.2) is 11.6 Å². The zero-order chi connectivity index (χ0) is 38.6. The maximum atomic E-state index is 14.6. The fourth-order valence-corrected chi connectivity index (χ4v) is 9.47. The van der Waals surface area contributed by atoms with Crippen molar-refractivity contribution in [3.8, 4) is 12.3 Å². The smallest absolute Gasteiger partial charge is 0.315 e. The summed E-state index contributed by atoms with van der Waals surface area (Å²) in [5.41, 5.74) is -0.615. The molecule has 0 spiro atoms. The van der Waals surface area contributed by atoms with Crippen molar-refractivity contribution >= 4 is 39.3 Å². The molecule has 1 aromatic carbocycles. The monoisotopic (exact) mass is 736 g/mol. The number of benzene rings is 1. The number of likely N-dealkylation sites (tertiary alicyclic amines) is 1. The Labute approximate surface area is 309 Å². The summed E-state index contributed by atoms with van der Waals surface area (Å²) >= 11 is 0. The van der Waals surface area contributed by atoms with E-state index >= 15 is 0 Å². The van der Waals surface area contributed by atoms with Gasteiger partial charge in [-0.05, 0) is 60.0 Å². The predicted molar refractivity (Wildman–Crippen MR) is 199 cm³/mol. The highest BCUT2D eigenvalue weighted by molar-refractivity contribution is 7.89. The molecule has 3 amide bonds. The number of nitrogens with zero attached hydrogens (tertiary/aromatic N) is 2. The maximum absolute atomic E-state index is 14.6. The van der Waals surface area contributed by atoms with Crippen LogP contribution in [0.2, 0.25) is 0 Å². The number of allylic oxidation sites excluding steroid dienone is 1. The van der Waals surface area contributed by atoms with Crippen molar-refractivity contribution in [1.82, 2.24) is 19.8 Å². The number of hydrogen-bond donors (Lipinski definition) is 2. The lowest BCUT2D eigenvalue weighted by Crippen LogP contribution is -2.61. The lowest BCUT2D eigenvalue weighted by atomic mass is 9.83. The summed E-state index contributed by atoms with van der Waals surface area (Å²) in [6, 6.07) is 3.80. The second-order valence-corrected chi connectivity index (χ2v) is 18.7. The molecule has 284 valence electrons. The van der Waals surface area contributed by atoms with Crippen LogP contribution in [0.5, 0.6) is 0 Å². The lowest BCUT2D eigenvalue weighted by molar-refractivity contribution is -0.144. The van der Waals surface area contributed by atoms with Crippen LogP contribution >= 0.6 is 0 Å². The number of carbonyl (C=O) groups excluding carboxylic acids is 5. The SMILES string of the molecule is C#CCCC(CC(=O)[C@@H]1[C@H]2CCC[C@H]2CN1C(=O)[C@@H](NC(=O)N[C@H](CN1Cc2ccccc2S1(=O)=O)C(C)(C)C)C(C)(C)C)C(=O)C(=O)CCC=C. The van der Waals surface area contributed by atoms with Crippen molar-refractivity contribution in [2.75, 3.05) is 13.1 Å². The van der Waals surface area contributed by atoms with E-state index in [0.717, 1.165) is 19.3 Å². The zero-order valence-corrected chi connectivity index (χ0v) is 32.4. The summed E-state index contributed by atoms with van der Waals surface area (Å²) in [6.07, 6.45) is 10.2. The average Bonchev–Trinajstić information content (AvgIpc) is 3.74. The fourth-order valence-electron chi connectivity index (χ4n) is 7.82. The number of urea groups is 1. The molecule has 52 heavy (non-hydrogen) atoms. The van der Waals surface area contributed by atoms with Gasteiger partial charge in [0.1, 0.15) is 6.04 Å². The second kappa shape index (κ2) is 16.5. The molecule has 11 nitrogen and oxygen atoms in total. The summed E-state index contributed by atoms with van der Waals surface area (Å²) in [7, 11) is -3.74. The van der Waals surface area contributed by atoms with E-state index < -0.39 is 68.4 Å². The van der Waals surface area contributed by atoms with Gasteiger partial charge in [0.25, 0.3) is 0 Å². The highest BCUT2D eigenvalue weighted by Crippen LogP contribution is 2.44. The zero-order valence-electron chi connectivity index (χ0n) is 31.6. The van der Waals surface area contributed by atoms with Crippen LogP contribution < -0.4 is 10.6 Å². The van der Waals surface area contributed by atoms with Crippen molar-refractivity contribution in [3.63, 3.8) is 0 Å². The highest BCUT2D eigenvalue weighted by Gasteiger charge is 2.52. The van der Waals surface area contributed by atoms with E-state index in [0.29, 0.717) is 18.5 Å². The Bertz CT molecular complexity index is 1700. The van der Waals surface area contributed by atoms with Crippen LogP contribution in [0.1, 0.15) is 98.5 Å². The van der Waals surface area contributed by atoms with Gasteiger partial charge < -0.3 is 15.5 Å². The molecule has 1 aliphatic carbocycles.